The number of nitrogens with zero attached hydrogens (tertiary/aromatic N) is 1. The van der Waals surface area contributed by atoms with E-state index in [1.165, 1.54) is 11.1 Å². The molecule has 0 aliphatic heterocycles. The summed E-state index contributed by atoms with van der Waals surface area (Å²) in [5, 5.41) is 12.4. The predicted octanol–water partition coefficient (Wildman–Crippen LogP) is 6.35. The number of aromatic nitrogens is 1. The van der Waals surface area contributed by atoms with Crippen LogP contribution in [0.4, 0.5) is 0 Å². The number of hydrogen-bond acceptors (Lipinski definition) is 4. The van der Waals surface area contributed by atoms with Crippen molar-refractivity contribution in [3.63, 3.8) is 0 Å². The lowest BCUT2D eigenvalue weighted by Gasteiger charge is -2.39. The van der Waals surface area contributed by atoms with E-state index in [2.05, 4.69) is 70.2 Å². The molecule has 1 rings (SSSR count). The standard InChI is InChI=1S/C21H37NO2SSi/c1-16(10-9-13-23)11-12-20(24-26(7,8)21(4,5)6)17(2)14-19-15-25-18(3)22-19/h11,14-15,20,23H,9-10,12-13H2,1-8H3/b16-11-,17-14+/t20-/m0/s1. The summed E-state index contributed by atoms with van der Waals surface area (Å²) in [5.41, 5.74) is 3.57. The minimum atomic E-state index is -1.87. The van der Waals surface area contributed by atoms with Crippen LogP contribution in [-0.2, 0) is 4.43 Å². The minimum absolute atomic E-state index is 0.0713. The van der Waals surface area contributed by atoms with Gasteiger partial charge in [-0.2, -0.15) is 0 Å². The van der Waals surface area contributed by atoms with Crippen LogP contribution in [0, 0.1) is 6.92 Å². The van der Waals surface area contributed by atoms with Gasteiger partial charge in [0.25, 0.3) is 0 Å². The van der Waals surface area contributed by atoms with Gasteiger partial charge in [-0.25, -0.2) is 4.98 Å². The number of aryl methyl sites for hydroxylation is 1. The molecule has 0 unspecified atom stereocenters. The average Bonchev–Trinajstić information content (AvgIpc) is 2.92. The maximum Gasteiger partial charge on any atom is 0.192 e. The number of rotatable bonds is 9. The topological polar surface area (TPSA) is 42.4 Å². The molecule has 1 heterocycles. The molecule has 0 saturated carbocycles. The van der Waals surface area contributed by atoms with Gasteiger partial charge in [0.05, 0.1) is 16.8 Å². The third-order valence-corrected chi connectivity index (χ3v) is 10.5. The SMILES string of the molecule is C/C(=C/C[C@H](O[Si](C)(C)C(C)(C)C)/C(C)=C/c1csc(C)n1)CCCO. The van der Waals surface area contributed by atoms with E-state index in [1.807, 2.05) is 6.92 Å². The molecule has 5 heteroatoms. The molecule has 148 valence electrons. The maximum absolute atomic E-state index is 9.03. The highest BCUT2D eigenvalue weighted by Gasteiger charge is 2.39. The zero-order chi connectivity index (χ0) is 20.0. The molecule has 3 nitrogen and oxygen atoms in total. The van der Waals surface area contributed by atoms with E-state index in [0.29, 0.717) is 0 Å². The third kappa shape index (κ3) is 7.47. The molecule has 1 N–H and O–H groups in total. The van der Waals surface area contributed by atoms with Crippen molar-refractivity contribution in [1.29, 1.82) is 0 Å². The minimum Gasteiger partial charge on any atom is -0.410 e. The number of aliphatic hydroxyl groups is 1. The number of aliphatic hydroxyl groups excluding tert-OH is 1. The van der Waals surface area contributed by atoms with Gasteiger partial charge in [0.15, 0.2) is 8.32 Å². The third-order valence-electron chi connectivity index (χ3n) is 5.17. The maximum atomic E-state index is 9.03. The first-order chi connectivity index (χ1) is 12.0. The molecule has 0 aliphatic rings. The molecule has 0 fully saturated rings. The van der Waals surface area contributed by atoms with Crippen LogP contribution < -0.4 is 0 Å². The Bertz CT molecular complexity index is 626. The first-order valence-corrected chi connectivity index (χ1v) is 13.3. The van der Waals surface area contributed by atoms with Crippen molar-refractivity contribution in [2.75, 3.05) is 6.61 Å². The predicted molar refractivity (Wildman–Crippen MR) is 117 cm³/mol. The highest BCUT2D eigenvalue weighted by molar-refractivity contribution is 7.09. The van der Waals surface area contributed by atoms with Crippen LogP contribution in [0.3, 0.4) is 0 Å². The Balaban J connectivity index is 3.02. The number of allylic oxidation sites excluding steroid dienone is 1. The largest absolute Gasteiger partial charge is 0.410 e. The zero-order valence-electron chi connectivity index (χ0n) is 17.8. The van der Waals surface area contributed by atoms with E-state index in [0.717, 1.165) is 30.0 Å². The van der Waals surface area contributed by atoms with Crippen LogP contribution in [0.5, 0.6) is 0 Å². The van der Waals surface area contributed by atoms with E-state index in [-0.39, 0.29) is 17.7 Å². The van der Waals surface area contributed by atoms with Crippen molar-refractivity contribution < 1.29 is 9.53 Å². The van der Waals surface area contributed by atoms with Crippen LogP contribution in [-0.4, -0.2) is 31.1 Å². The summed E-state index contributed by atoms with van der Waals surface area (Å²) < 4.78 is 6.75. The molecule has 1 aromatic rings. The summed E-state index contributed by atoms with van der Waals surface area (Å²) in [6.45, 7) is 18.0. The second-order valence-corrected chi connectivity index (χ2v) is 14.5. The molecule has 1 atom stereocenters. The van der Waals surface area contributed by atoms with Gasteiger partial charge < -0.3 is 9.53 Å². The first kappa shape index (κ1) is 23.3. The summed E-state index contributed by atoms with van der Waals surface area (Å²) in [5.74, 6) is 0. The number of thiazole rings is 1. The Hall–Kier alpha value is -0.753. The highest BCUT2D eigenvalue weighted by atomic mass is 32.1. The second-order valence-electron chi connectivity index (χ2n) is 8.66. The molecule has 1 aromatic heterocycles. The lowest BCUT2D eigenvalue weighted by atomic mass is 10.0. The smallest absolute Gasteiger partial charge is 0.192 e. The van der Waals surface area contributed by atoms with Gasteiger partial charge in [-0.3, -0.25) is 0 Å². The van der Waals surface area contributed by atoms with Crippen molar-refractivity contribution in [2.45, 2.75) is 85.0 Å². The molecule has 0 aromatic carbocycles. The molecular formula is C21H37NO2SSi. The summed E-state index contributed by atoms with van der Waals surface area (Å²) in [7, 11) is -1.87. The molecule has 0 amide bonds. The lowest BCUT2D eigenvalue weighted by Crippen LogP contribution is -2.44. The molecule has 0 radical (unpaired) electrons. The number of hydrogen-bond donors (Lipinski definition) is 1. The summed E-state index contributed by atoms with van der Waals surface area (Å²) in [4.78, 5) is 4.57. The molecule has 0 aliphatic carbocycles. The Labute approximate surface area is 165 Å². The molecule has 0 bridgehead atoms. The molecule has 26 heavy (non-hydrogen) atoms. The van der Waals surface area contributed by atoms with Crippen LogP contribution in [0.25, 0.3) is 6.08 Å². The Morgan fingerprint density at radius 3 is 2.50 bits per heavy atom. The van der Waals surface area contributed by atoms with Crippen LogP contribution in [0.15, 0.2) is 22.6 Å². The Morgan fingerprint density at radius 2 is 2.00 bits per heavy atom. The van der Waals surface area contributed by atoms with E-state index < -0.39 is 8.32 Å². The van der Waals surface area contributed by atoms with Crippen LogP contribution >= 0.6 is 11.3 Å². The van der Waals surface area contributed by atoms with Gasteiger partial charge in [-0.05, 0) is 69.8 Å². The van der Waals surface area contributed by atoms with Crippen LogP contribution in [0.1, 0.15) is 64.6 Å². The fraction of sp³-hybridized carbons (Fsp3) is 0.667. The average molecular weight is 396 g/mol. The monoisotopic (exact) mass is 395 g/mol. The van der Waals surface area contributed by atoms with Crippen molar-refractivity contribution in [3.8, 4) is 0 Å². The second kappa shape index (κ2) is 9.97. The summed E-state index contributed by atoms with van der Waals surface area (Å²) in [6, 6.07) is 0. The van der Waals surface area contributed by atoms with E-state index >= 15 is 0 Å². The van der Waals surface area contributed by atoms with Crippen molar-refractivity contribution in [2.24, 2.45) is 0 Å². The van der Waals surface area contributed by atoms with E-state index in [4.69, 9.17) is 9.53 Å². The van der Waals surface area contributed by atoms with Gasteiger partial charge in [0, 0.05) is 12.0 Å². The van der Waals surface area contributed by atoms with Gasteiger partial charge >= 0.3 is 0 Å². The van der Waals surface area contributed by atoms with Gasteiger partial charge in [0.1, 0.15) is 0 Å². The van der Waals surface area contributed by atoms with E-state index in [9.17, 15) is 0 Å². The molecule has 0 saturated heterocycles. The summed E-state index contributed by atoms with van der Waals surface area (Å²) in [6.07, 6.45) is 7.15. The molecular weight excluding hydrogens is 358 g/mol. The fourth-order valence-electron chi connectivity index (χ4n) is 2.40. The van der Waals surface area contributed by atoms with E-state index in [1.54, 1.807) is 11.3 Å². The Morgan fingerprint density at radius 1 is 1.35 bits per heavy atom. The van der Waals surface area contributed by atoms with Gasteiger partial charge in [-0.15, -0.1) is 11.3 Å². The molecule has 0 spiro atoms. The van der Waals surface area contributed by atoms with Crippen molar-refractivity contribution in [1.82, 2.24) is 4.98 Å². The van der Waals surface area contributed by atoms with Gasteiger partial charge in [0.2, 0.25) is 0 Å². The van der Waals surface area contributed by atoms with Gasteiger partial charge in [-0.1, -0.05) is 32.4 Å². The lowest BCUT2D eigenvalue weighted by molar-refractivity contribution is 0.217. The van der Waals surface area contributed by atoms with Crippen molar-refractivity contribution >= 4 is 25.7 Å². The fourth-order valence-corrected chi connectivity index (χ4v) is 4.32. The quantitative estimate of drug-likeness (QED) is 0.391. The first-order valence-electron chi connectivity index (χ1n) is 9.51. The summed E-state index contributed by atoms with van der Waals surface area (Å²) >= 11 is 1.68. The zero-order valence-corrected chi connectivity index (χ0v) is 19.7. The van der Waals surface area contributed by atoms with Crippen molar-refractivity contribution in [3.05, 3.63) is 33.3 Å². The Kier molecular flexibility index (Phi) is 8.93. The van der Waals surface area contributed by atoms with Crippen LogP contribution in [0.2, 0.25) is 18.1 Å². The normalized spacial score (nSPS) is 15.4. The highest BCUT2D eigenvalue weighted by Crippen LogP contribution is 2.38.